The molecule has 2 aromatic rings. The third-order valence-corrected chi connectivity index (χ3v) is 5.57. The molecule has 0 radical (unpaired) electrons. The van der Waals surface area contributed by atoms with Gasteiger partial charge in [-0.05, 0) is 75.0 Å². The molecule has 0 N–H and O–H groups in total. The van der Waals surface area contributed by atoms with E-state index in [-0.39, 0.29) is 17.6 Å². The molecule has 30 heavy (non-hydrogen) atoms. The minimum atomic E-state index is -0.481. The van der Waals surface area contributed by atoms with E-state index in [0.717, 1.165) is 17.0 Å². The van der Waals surface area contributed by atoms with Gasteiger partial charge >= 0.3 is 5.97 Å². The van der Waals surface area contributed by atoms with E-state index in [4.69, 9.17) is 21.7 Å². The van der Waals surface area contributed by atoms with Crippen LogP contribution in [0.5, 0.6) is 5.75 Å². The molecule has 158 valence electrons. The van der Waals surface area contributed by atoms with Gasteiger partial charge in [-0.2, -0.15) is 0 Å². The number of benzene rings is 1. The second-order valence-electron chi connectivity index (χ2n) is 6.93. The Balaban J connectivity index is 2.04. The quantitative estimate of drug-likeness (QED) is 0.401. The average molecular weight is 428 g/mol. The fourth-order valence-electron chi connectivity index (χ4n) is 3.29. The molecule has 1 aliphatic heterocycles. The molecule has 0 atom stereocenters. The van der Waals surface area contributed by atoms with Crippen molar-refractivity contribution in [3.05, 3.63) is 53.0 Å². The van der Waals surface area contributed by atoms with Crippen molar-refractivity contribution < 1.29 is 19.1 Å². The first-order valence-corrected chi connectivity index (χ1v) is 9.99. The standard InChI is InChI=1S/C22H25N3O4S/c1-6-29-18-9-7-17(8-10-18)25-21(27)19(24(22(25)30)13-20(26)28-5)12-16-11-14(2)23(4)15(16)3/h7-12H,6,13H2,1-5H3. The lowest BCUT2D eigenvalue weighted by Crippen LogP contribution is -2.35. The monoisotopic (exact) mass is 427 g/mol. The predicted octanol–water partition coefficient (Wildman–Crippen LogP) is 3.19. The molecule has 3 rings (SSSR count). The Kier molecular flexibility index (Phi) is 6.26. The van der Waals surface area contributed by atoms with E-state index in [2.05, 4.69) is 0 Å². The highest BCUT2D eigenvalue weighted by Crippen LogP contribution is 2.31. The van der Waals surface area contributed by atoms with Crippen molar-refractivity contribution in [1.29, 1.82) is 0 Å². The Hall–Kier alpha value is -3.13. The Labute approximate surface area is 181 Å². The first-order valence-electron chi connectivity index (χ1n) is 9.58. The van der Waals surface area contributed by atoms with Gasteiger partial charge in [0.1, 0.15) is 18.0 Å². The van der Waals surface area contributed by atoms with Crippen LogP contribution in [0.1, 0.15) is 23.9 Å². The third-order valence-electron chi connectivity index (χ3n) is 5.16. The summed E-state index contributed by atoms with van der Waals surface area (Å²) in [6.07, 6.45) is 1.77. The molecule has 1 aliphatic rings. The number of hydrogen-bond donors (Lipinski definition) is 0. The summed E-state index contributed by atoms with van der Waals surface area (Å²) in [4.78, 5) is 28.3. The summed E-state index contributed by atoms with van der Waals surface area (Å²) in [7, 11) is 3.27. The lowest BCUT2D eigenvalue weighted by atomic mass is 10.2. The Morgan fingerprint density at radius 3 is 2.40 bits per heavy atom. The van der Waals surface area contributed by atoms with Gasteiger partial charge in [0.2, 0.25) is 0 Å². The van der Waals surface area contributed by atoms with E-state index in [0.29, 0.717) is 23.7 Å². The van der Waals surface area contributed by atoms with Gasteiger partial charge < -0.3 is 18.9 Å². The molecular weight excluding hydrogens is 402 g/mol. The molecule has 0 spiro atoms. The number of ether oxygens (including phenoxy) is 2. The fourth-order valence-corrected chi connectivity index (χ4v) is 3.64. The van der Waals surface area contributed by atoms with Gasteiger partial charge in [-0.25, -0.2) is 0 Å². The largest absolute Gasteiger partial charge is 0.494 e. The summed E-state index contributed by atoms with van der Waals surface area (Å²) in [5.74, 6) is -0.0732. The average Bonchev–Trinajstić information content (AvgIpc) is 3.10. The Bertz CT molecular complexity index is 1020. The smallest absolute Gasteiger partial charge is 0.325 e. The van der Waals surface area contributed by atoms with Crippen molar-refractivity contribution >= 4 is 41.0 Å². The molecule has 0 bridgehead atoms. The number of aryl methyl sites for hydroxylation is 1. The molecule has 0 aliphatic carbocycles. The normalized spacial score (nSPS) is 15.3. The highest BCUT2D eigenvalue weighted by molar-refractivity contribution is 7.80. The number of thiocarbonyl (C=S) groups is 1. The first-order chi connectivity index (χ1) is 14.3. The van der Waals surface area contributed by atoms with E-state index >= 15 is 0 Å². The number of anilines is 1. The molecule has 8 heteroatoms. The van der Waals surface area contributed by atoms with Gasteiger partial charge in [-0.15, -0.1) is 0 Å². The second kappa shape index (κ2) is 8.71. The summed E-state index contributed by atoms with van der Waals surface area (Å²) >= 11 is 5.57. The lowest BCUT2D eigenvalue weighted by molar-refractivity contribution is -0.140. The highest BCUT2D eigenvalue weighted by Gasteiger charge is 2.40. The number of hydrogen-bond acceptors (Lipinski definition) is 5. The highest BCUT2D eigenvalue weighted by atomic mass is 32.1. The van der Waals surface area contributed by atoms with Crippen molar-refractivity contribution in [2.75, 3.05) is 25.2 Å². The van der Waals surface area contributed by atoms with Crippen molar-refractivity contribution in [3.8, 4) is 5.75 Å². The SMILES string of the molecule is CCOc1ccc(N2C(=O)C(=Cc3cc(C)n(C)c3C)N(CC(=O)OC)C2=S)cc1. The van der Waals surface area contributed by atoms with Gasteiger partial charge in [-0.1, -0.05) is 0 Å². The summed E-state index contributed by atoms with van der Waals surface area (Å²) in [6, 6.07) is 9.10. The van der Waals surface area contributed by atoms with Crippen LogP contribution in [0, 0.1) is 13.8 Å². The van der Waals surface area contributed by atoms with E-state index in [1.807, 2.05) is 38.5 Å². The predicted molar refractivity (Wildman–Crippen MR) is 119 cm³/mol. The number of amides is 1. The minimum absolute atomic E-state index is 0.148. The number of carbonyl (C=O) groups is 2. The molecule has 0 unspecified atom stereocenters. The van der Waals surface area contributed by atoms with Crippen LogP contribution in [0.15, 0.2) is 36.0 Å². The molecule has 7 nitrogen and oxygen atoms in total. The van der Waals surface area contributed by atoms with E-state index < -0.39 is 5.97 Å². The molecule has 1 fully saturated rings. The Morgan fingerprint density at radius 2 is 1.87 bits per heavy atom. The first kappa shape index (κ1) is 21.6. The van der Waals surface area contributed by atoms with Crippen LogP contribution < -0.4 is 9.64 Å². The van der Waals surface area contributed by atoms with Crippen molar-refractivity contribution in [3.63, 3.8) is 0 Å². The van der Waals surface area contributed by atoms with Crippen LogP contribution in [-0.4, -0.2) is 46.7 Å². The lowest BCUT2D eigenvalue weighted by Gasteiger charge is -2.19. The van der Waals surface area contributed by atoms with Crippen LogP contribution in [0.4, 0.5) is 5.69 Å². The van der Waals surface area contributed by atoms with Crippen molar-refractivity contribution in [2.24, 2.45) is 7.05 Å². The van der Waals surface area contributed by atoms with Gasteiger partial charge in [0.25, 0.3) is 5.91 Å². The zero-order valence-electron chi connectivity index (χ0n) is 17.8. The molecule has 1 aromatic heterocycles. The molecule has 2 heterocycles. The van der Waals surface area contributed by atoms with Crippen LogP contribution in [0.25, 0.3) is 6.08 Å². The third kappa shape index (κ3) is 3.95. The second-order valence-corrected chi connectivity index (χ2v) is 7.29. The van der Waals surface area contributed by atoms with Crippen molar-refractivity contribution in [2.45, 2.75) is 20.8 Å². The van der Waals surface area contributed by atoms with Gasteiger partial charge in [0.15, 0.2) is 5.11 Å². The maximum absolute atomic E-state index is 13.4. The van der Waals surface area contributed by atoms with Crippen molar-refractivity contribution in [1.82, 2.24) is 9.47 Å². The maximum Gasteiger partial charge on any atom is 0.325 e. The molecule has 1 saturated heterocycles. The number of esters is 1. The molecule has 0 saturated carbocycles. The summed E-state index contributed by atoms with van der Waals surface area (Å²) in [5, 5.41) is 0.228. The van der Waals surface area contributed by atoms with E-state index in [9.17, 15) is 9.59 Å². The number of methoxy groups -OCH3 is 1. The molecule has 1 aromatic carbocycles. The van der Waals surface area contributed by atoms with E-state index in [1.54, 1.807) is 30.3 Å². The number of rotatable bonds is 6. The molecular formula is C22H25N3O4S. The van der Waals surface area contributed by atoms with Crippen LogP contribution in [-0.2, 0) is 21.4 Å². The number of carbonyl (C=O) groups excluding carboxylic acids is 2. The van der Waals surface area contributed by atoms with Gasteiger partial charge in [0.05, 0.1) is 19.4 Å². The van der Waals surface area contributed by atoms with Crippen LogP contribution in [0.3, 0.4) is 0 Å². The topological polar surface area (TPSA) is 64.0 Å². The van der Waals surface area contributed by atoms with E-state index in [1.165, 1.54) is 16.9 Å². The zero-order chi connectivity index (χ0) is 22.0. The summed E-state index contributed by atoms with van der Waals surface area (Å²) < 4.78 is 12.3. The fraction of sp³-hybridized carbons (Fsp3) is 0.318. The number of aromatic nitrogens is 1. The summed E-state index contributed by atoms with van der Waals surface area (Å²) in [5.41, 5.74) is 3.90. The minimum Gasteiger partial charge on any atom is -0.494 e. The zero-order valence-corrected chi connectivity index (χ0v) is 18.6. The van der Waals surface area contributed by atoms with Crippen LogP contribution >= 0.6 is 12.2 Å². The maximum atomic E-state index is 13.4. The summed E-state index contributed by atoms with van der Waals surface area (Å²) in [6.45, 7) is 6.28. The molecule has 1 amide bonds. The van der Waals surface area contributed by atoms with Crippen LogP contribution in [0.2, 0.25) is 0 Å². The van der Waals surface area contributed by atoms with Gasteiger partial charge in [-0.3, -0.25) is 14.5 Å². The van der Waals surface area contributed by atoms with Gasteiger partial charge in [0, 0.05) is 18.4 Å². The Morgan fingerprint density at radius 1 is 1.20 bits per heavy atom. The number of nitrogens with zero attached hydrogens (tertiary/aromatic N) is 3.